The van der Waals surface area contributed by atoms with Crippen LogP contribution in [0.4, 0.5) is 17.6 Å². The molecule has 0 amide bonds. The molecular weight excluding hydrogens is 222 g/mol. The Labute approximate surface area is 88.4 Å². The van der Waals surface area contributed by atoms with Gasteiger partial charge in [-0.25, -0.2) is 17.6 Å². The maximum atomic E-state index is 13.3. The summed E-state index contributed by atoms with van der Waals surface area (Å²) < 4.78 is 51.7. The maximum absolute atomic E-state index is 13.3. The summed E-state index contributed by atoms with van der Waals surface area (Å²) in [5, 5.41) is 0. The Morgan fingerprint density at radius 1 is 0.875 bits per heavy atom. The standard InChI is InChI=1S/C11H5F4N/c12-6-3-4-16-9(5-6)7-1-2-8(13)11(15)10(7)14/h1-5H. The molecule has 0 bridgehead atoms. The number of hydrogen-bond acceptors (Lipinski definition) is 1. The first-order valence-electron chi connectivity index (χ1n) is 4.35. The lowest BCUT2D eigenvalue weighted by Gasteiger charge is -2.03. The molecule has 0 saturated carbocycles. The molecule has 1 aromatic carbocycles. The van der Waals surface area contributed by atoms with E-state index in [1.54, 1.807) is 0 Å². The summed E-state index contributed by atoms with van der Waals surface area (Å²) in [4.78, 5) is 3.67. The quantitative estimate of drug-likeness (QED) is 0.538. The van der Waals surface area contributed by atoms with Crippen LogP contribution in [0.25, 0.3) is 11.3 Å². The van der Waals surface area contributed by atoms with Gasteiger partial charge in [-0.3, -0.25) is 4.98 Å². The van der Waals surface area contributed by atoms with Crippen LogP contribution >= 0.6 is 0 Å². The van der Waals surface area contributed by atoms with Gasteiger partial charge in [0.25, 0.3) is 0 Å². The lowest BCUT2D eigenvalue weighted by atomic mass is 10.1. The number of halogens is 4. The molecule has 2 aromatic rings. The van der Waals surface area contributed by atoms with Gasteiger partial charge in [0.2, 0.25) is 0 Å². The van der Waals surface area contributed by atoms with Crippen molar-refractivity contribution in [3.8, 4) is 11.3 Å². The average molecular weight is 227 g/mol. The van der Waals surface area contributed by atoms with Gasteiger partial charge < -0.3 is 0 Å². The van der Waals surface area contributed by atoms with Gasteiger partial charge in [-0.2, -0.15) is 0 Å². The third kappa shape index (κ3) is 1.76. The van der Waals surface area contributed by atoms with E-state index >= 15 is 0 Å². The Bertz CT molecular complexity index is 540. The first-order valence-corrected chi connectivity index (χ1v) is 4.35. The fraction of sp³-hybridized carbons (Fsp3) is 0. The number of aromatic nitrogens is 1. The molecule has 82 valence electrons. The number of hydrogen-bond donors (Lipinski definition) is 0. The van der Waals surface area contributed by atoms with Gasteiger partial charge in [-0.1, -0.05) is 0 Å². The van der Waals surface area contributed by atoms with Gasteiger partial charge in [0.1, 0.15) is 5.82 Å². The van der Waals surface area contributed by atoms with Gasteiger partial charge in [0.05, 0.1) is 5.69 Å². The molecule has 0 aliphatic rings. The predicted molar refractivity (Wildman–Crippen MR) is 49.5 cm³/mol. The van der Waals surface area contributed by atoms with E-state index in [2.05, 4.69) is 4.98 Å². The van der Waals surface area contributed by atoms with Crippen molar-refractivity contribution >= 4 is 0 Å². The topological polar surface area (TPSA) is 12.9 Å². The van der Waals surface area contributed by atoms with E-state index in [4.69, 9.17) is 0 Å². The molecule has 0 radical (unpaired) electrons. The van der Waals surface area contributed by atoms with E-state index in [0.29, 0.717) is 0 Å². The van der Waals surface area contributed by atoms with Gasteiger partial charge in [-0.15, -0.1) is 0 Å². The monoisotopic (exact) mass is 227 g/mol. The van der Waals surface area contributed by atoms with Gasteiger partial charge in [0.15, 0.2) is 17.5 Å². The molecular formula is C11H5F4N. The van der Waals surface area contributed by atoms with Crippen LogP contribution in [0.1, 0.15) is 0 Å². The molecule has 0 N–H and O–H groups in total. The van der Waals surface area contributed by atoms with E-state index in [-0.39, 0.29) is 11.3 Å². The Morgan fingerprint density at radius 3 is 2.31 bits per heavy atom. The van der Waals surface area contributed by atoms with E-state index in [1.165, 1.54) is 0 Å². The lowest BCUT2D eigenvalue weighted by Crippen LogP contribution is -1.95. The van der Waals surface area contributed by atoms with E-state index < -0.39 is 23.3 Å². The zero-order chi connectivity index (χ0) is 11.7. The maximum Gasteiger partial charge on any atom is 0.195 e. The molecule has 0 saturated heterocycles. The summed E-state index contributed by atoms with van der Waals surface area (Å²) in [5.41, 5.74) is -0.366. The predicted octanol–water partition coefficient (Wildman–Crippen LogP) is 3.31. The van der Waals surface area contributed by atoms with Crippen molar-refractivity contribution in [2.75, 3.05) is 0 Å². The number of benzene rings is 1. The first kappa shape index (κ1) is 10.6. The fourth-order valence-corrected chi connectivity index (χ4v) is 1.28. The SMILES string of the molecule is Fc1ccnc(-c2ccc(F)c(F)c2F)c1. The van der Waals surface area contributed by atoms with E-state index in [0.717, 1.165) is 30.5 Å². The minimum atomic E-state index is -1.59. The van der Waals surface area contributed by atoms with Crippen molar-refractivity contribution in [2.24, 2.45) is 0 Å². The highest BCUT2D eigenvalue weighted by atomic mass is 19.2. The largest absolute Gasteiger partial charge is 0.256 e. The summed E-state index contributed by atoms with van der Waals surface area (Å²) in [7, 11) is 0. The molecule has 16 heavy (non-hydrogen) atoms. The minimum absolute atomic E-state index is 0.0867. The van der Waals surface area contributed by atoms with Crippen LogP contribution in [0.5, 0.6) is 0 Å². The van der Waals surface area contributed by atoms with Crippen molar-refractivity contribution in [1.29, 1.82) is 0 Å². The van der Waals surface area contributed by atoms with Crippen LogP contribution in [0.3, 0.4) is 0 Å². The minimum Gasteiger partial charge on any atom is -0.256 e. The molecule has 0 aliphatic heterocycles. The molecule has 2 rings (SSSR count). The van der Waals surface area contributed by atoms with E-state index in [1.807, 2.05) is 0 Å². The van der Waals surface area contributed by atoms with Crippen molar-refractivity contribution in [3.05, 3.63) is 53.7 Å². The molecule has 0 atom stereocenters. The van der Waals surface area contributed by atoms with Crippen LogP contribution < -0.4 is 0 Å². The number of pyridine rings is 1. The highest BCUT2D eigenvalue weighted by Gasteiger charge is 2.15. The first-order chi connectivity index (χ1) is 7.59. The summed E-state index contributed by atoms with van der Waals surface area (Å²) in [6.45, 7) is 0. The average Bonchev–Trinajstić information content (AvgIpc) is 2.26. The molecule has 1 nitrogen and oxygen atoms in total. The second kappa shape index (κ2) is 3.92. The van der Waals surface area contributed by atoms with Crippen LogP contribution in [0.15, 0.2) is 30.5 Å². The summed E-state index contributed by atoms with van der Waals surface area (Å²) in [5.74, 6) is -4.89. The second-order valence-electron chi connectivity index (χ2n) is 3.08. The van der Waals surface area contributed by atoms with Gasteiger partial charge in [-0.05, 0) is 18.2 Å². The molecule has 5 heteroatoms. The highest BCUT2D eigenvalue weighted by molar-refractivity contribution is 5.59. The molecule has 1 heterocycles. The van der Waals surface area contributed by atoms with Crippen molar-refractivity contribution < 1.29 is 17.6 Å². The smallest absolute Gasteiger partial charge is 0.195 e. The molecule has 0 aliphatic carbocycles. The molecule has 0 fully saturated rings. The normalized spacial score (nSPS) is 10.5. The van der Waals surface area contributed by atoms with Crippen LogP contribution in [0, 0.1) is 23.3 Å². The van der Waals surface area contributed by atoms with E-state index in [9.17, 15) is 17.6 Å². The summed E-state index contributed by atoms with van der Waals surface area (Å²) >= 11 is 0. The van der Waals surface area contributed by atoms with Gasteiger partial charge in [0, 0.05) is 17.8 Å². The van der Waals surface area contributed by atoms with Crippen LogP contribution in [-0.4, -0.2) is 4.98 Å². The Hall–Kier alpha value is -1.91. The Kier molecular flexibility index (Phi) is 2.60. The zero-order valence-electron chi connectivity index (χ0n) is 7.85. The highest BCUT2D eigenvalue weighted by Crippen LogP contribution is 2.24. The third-order valence-electron chi connectivity index (χ3n) is 2.03. The third-order valence-corrected chi connectivity index (χ3v) is 2.03. The Balaban J connectivity index is 2.61. The van der Waals surface area contributed by atoms with Crippen molar-refractivity contribution in [2.45, 2.75) is 0 Å². The van der Waals surface area contributed by atoms with Crippen molar-refractivity contribution in [3.63, 3.8) is 0 Å². The van der Waals surface area contributed by atoms with Crippen molar-refractivity contribution in [1.82, 2.24) is 4.98 Å². The fourth-order valence-electron chi connectivity index (χ4n) is 1.28. The molecule has 1 aromatic heterocycles. The number of rotatable bonds is 1. The summed E-state index contributed by atoms with van der Waals surface area (Å²) in [6.07, 6.45) is 1.12. The number of nitrogens with zero attached hydrogens (tertiary/aromatic N) is 1. The van der Waals surface area contributed by atoms with Gasteiger partial charge >= 0.3 is 0 Å². The summed E-state index contributed by atoms with van der Waals surface area (Å²) in [6, 6.07) is 3.78. The molecule has 0 unspecified atom stereocenters. The van der Waals surface area contributed by atoms with Crippen LogP contribution in [0.2, 0.25) is 0 Å². The second-order valence-corrected chi connectivity index (χ2v) is 3.08. The Morgan fingerprint density at radius 2 is 1.62 bits per heavy atom. The lowest BCUT2D eigenvalue weighted by molar-refractivity contribution is 0.448. The van der Waals surface area contributed by atoms with Crippen LogP contribution in [-0.2, 0) is 0 Å². The zero-order valence-corrected chi connectivity index (χ0v) is 7.85. The molecule has 0 spiro atoms.